The summed E-state index contributed by atoms with van der Waals surface area (Å²) in [6.45, 7) is 2.30. The predicted molar refractivity (Wildman–Crippen MR) is 97.0 cm³/mol. The van der Waals surface area contributed by atoms with Crippen LogP contribution >= 0.6 is 0 Å². The fourth-order valence-corrected chi connectivity index (χ4v) is 4.75. The quantitative estimate of drug-likeness (QED) is 0.636. The molecule has 2 heterocycles. The zero-order valence-electron chi connectivity index (χ0n) is 14.6. The van der Waals surface area contributed by atoms with Crippen LogP contribution in [0.1, 0.15) is 47.5 Å². The number of aromatic nitrogens is 1. The Morgan fingerprint density at radius 2 is 1.96 bits per heavy atom. The van der Waals surface area contributed by atoms with Gasteiger partial charge in [0.2, 0.25) is 0 Å². The van der Waals surface area contributed by atoms with E-state index < -0.39 is 0 Å². The van der Waals surface area contributed by atoms with Gasteiger partial charge in [0.25, 0.3) is 5.91 Å². The average molecular weight is 350 g/mol. The number of para-hydroxylation sites is 1. The third-order valence-electron chi connectivity index (χ3n) is 5.84. The van der Waals surface area contributed by atoms with Gasteiger partial charge in [-0.25, -0.2) is 9.37 Å². The molecule has 2 aromatic carbocycles. The Balaban J connectivity index is 1.65. The molecule has 1 aromatic heterocycles. The molecule has 0 unspecified atom stereocenters. The Labute approximate surface area is 150 Å². The molecule has 2 aliphatic rings. The summed E-state index contributed by atoms with van der Waals surface area (Å²) in [6.07, 6.45) is 4.01. The maximum absolute atomic E-state index is 14.7. The fraction of sp³-hybridized carbons (Fsp3) is 0.333. The van der Waals surface area contributed by atoms with E-state index in [9.17, 15) is 9.18 Å². The van der Waals surface area contributed by atoms with Gasteiger partial charge in [0.05, 0.1) is 11.3 Å². The van der Waals surface area contributed by atoms with E-state index >= 15 is 0 Å². The van der Waals surface area contributed by atoms with E-state index in [1.165, 1.54) is 6.07 Å². The third kappa shape index (κ3) is 2.06. The summed E-state index contributed by atoms with van der Waals surface area (Å²) >= 11 is 0. The van der Waals surface area contributed by atoms with E-state index in [1.54, 1.807) is 30.0 Å². The molecule has 1 fully saturated rings. The van der Waals surface area contributed by atoms with Crippen LogP contribution < -0.4 is 4.90 Å². The van der Waals surface area contributed by atoms with Crippen LogP contribution in [0.2, 0.25) is 0 Å². The van der Waals surface area contributed by atoms with Crippen molar-refractivity contribution in [2.45, 2.75) is 38.0 Å². The number of amides is 1. The van der Waals surface area contributed by atoms with Crippen LogP contribution in [0.3, 0.4) is 0 Å². The molecule has 1 amide bonds. The first-order valence-electron chi connectivity index (χ1n) is 9.06. The average Bonchev–Trinajstić information content (AvgIpc) is 3.32. The van der Waals surface area contributed by atoms with E-state index in [4.69, 9.17) is 4.42 Å². The topological polar surface area (TPSA) is 46.3 Å². The third-order valence-corrected chi connectivity index (χ3v) is 5.84. The van der Waals surface area contributed by atoms with Gasteiger partial charge in [-0.2, -0.15) is 0 Å². The molecule has 132 valence electrons. The largest absolute Gasteiger partial charge is 0.441 e. The Bertz CT molecular complexity index is 1030. The van der Waals surface area contributed by atoms with Crippen molar-refractivity contribution in [1.29, 1.82) is 0 Å². The second-order valence-electron chi connectivity index (χ2n) is 7.40. The number of halogens is 1. The molecule has 26 heavy (non-hydrogen) atoms. The number of aryl methyl sites for hydroxylation is 1. The summed E-state index contributed by atoms with van der Waals surface area (Å²) < 4.78 is 20.3. The molecule has 1 spiro atoms. The maximum Gasteiger partial charge on any atom is 0.260 e. The molecule has 1 saturated carbocycles. The Kier molecular flexibility index (Phi) is 3.23. The molecule has 0 saturated heterocycles. The van der Waals surface area contributed by atoms with Crippen LogP contribution in [-0.4, -0.2) is 17.4 Å². The second kappa shape index (κ2) is 5.40. The Hall–Kier alpha value is -2.69. The fourth-order valence-electron chi connectivity index (χ4n) is 4.75. The predicted octanol–water partition coefficient (Wildman–Crippen LogP) is 4.75. The van der Waals surface area contributed by atoms with E-state index in [-0.39, 0.29) is 17.1 Å². The van der Waals surface area contributed by atoms with Gasteiger partial charge in [-0.1, -0.05) is 25.0 Å². The van der Waals surface area contributed by atoms with Crippen LogP contribution in [0.5, 0.6) is 0 Å². The monoisotopic (exact) mass is 350 g/mol. The second-order valence-corrected chi connectivity index (χ2v) is 7.40. The molecule has 0 atom stereocenters. The van der Waals surface area contributed by atoms with E-state index in [2.05, 4.69) is 4.98 Å². The van der Waals surface area contributed by atoms with Crippen molar-refractivity contribution in [3.63, 3.8) is 0 Å². The summed E-state index contributed by atoms with van der Waals surface area (Å²) in [5.41, 5.74) is 2.85. The summed E-state index contributed by atoms with van der Waals surface area (Å²) in [4.78, 5) is 19.5. The molecule has 5 rings (SSSR count). The summed E-state index contributed by atoms with van der Waals surface area (Å²) in [7, 11) is 0. The lowest BCUT2D eigenvalue weighted by Gasteiger charge is -2.25. The SMILES string of the molecule is Cc1nc2c(C(=O)N3CC4(CCCC4)c4c(F)cccc43)cccc2o1. The van der Waals surface area contributed by atoms with Crippen molar-refractivity contribution in [3.05, 3.63) is 59.2 Å². The van der Waals surface area contributed by atoms with Gasteiger partial charge in [0.15, 0.2) is 11.5 Å². The smallest absolute Gasteiger partial charge is 0.260 e. The van der Waals surface area contributed by atoms with Crippen molar-refractivity contribution in [2.75, 3.05) is 11.4 Å². The first kappa shape index (κ1) is 15.6. The van der Waals surface area contributed by atoms with Crippen molar-refractivity contribution in [3.8, 4) is 0 Å². The molecule has 1 aliphatic heterocycles. The van der Waals surface area contributed by atoms with Gasteiger partial charge in [-0.3, -0.25) is 4.79 Å². The number of carbonyl (C=O) groups excluding carboxylic acids is 1. The minimum absolute atomic E-state index is 0.139. The molecule has 1 aliphatic carbocycles. The number of carbonyl (C=O) groups is 1. The highest BCUT2D eigenvalue weighted by Crippen LogP contribution is 2.51. The zero-order chi connectivity index (χ0) is 17.9. The van der Waals surface area contributed by atoms with E-state index in [0.717, 1.165) is 25.7 Å². The highest BCUT2D eigenvalue weighted by Gasteiger charge is 2.48. The molecule has 0 radical (unpaired) electrons. The number of anilines is 1. The number of fused-ring (bicyclic) bond motifs is 3. The number of oxazole rings is 1. The molecule has 3 aromatic rings. The van der Waals surface area contributed by atoms with Gasteiger partial charge in [-0.15, -0.1) is 0 Å². The lowest BCUT2D eigenvalue weighted by Crippen LogP contribution is -2.35. The summed E-state index contributed by atoms with van der Waals surface area (Å²) in [5, 5.41) is 0. The zero-order valence-corrected chi connectivity index (χ0v) is 14.6. The van der Waals surface area contributed by atoms with Crippen molar-refractivity contribution in [2.24, 2.45) is 0 Å². The number of hydrogen-bond acceptors (Lipinski definition) is 3. The lowest BCUT2D eigenvalue weighted by molar-refractivity contribution is 0.0986. The number of rotatable bonds is 1. The highest BCUT2D eigenvalue weighted by molar-refractivity contribution is 6.13. The standard InChI is InChI=1S/C21H19FN2O2/c1-13-23-19-14(6-4-9-17(19)26-13)20(25)24-12-21(10-2-3-11-21)18-15(22)7-5-8-16(18)24/h4-9H,2-3,10-12H2,1H3. The van der Waals surface area contributed by atoms with Crippen LogP contribution in [-0.2, 0) is 5.41 Å². The van der Waals surface area contributed by atoms with Crippen LogP contribution in [0.25, 0.3) is 11.1 Å². The van der Waals surface area contributed by atoms with E-state index in [1.807, 2.05) is 12.1 Å². The molecule has 4 nitrogen and oxygen atoms in total. The summed E-state index contributed by atoms with van der Waals surface area (Å²) in [6, 6.07) is 10.4. The van der Waals surface area contributed by atoms with Crippen LogP contribution in [0.15, 0.2) is 40.8 Å². The minimum atomic E-state index is -0.246. The van der Waals surface area contributed by atoms with E-state index in [0.29, 0.717) is 40.3 Å². The van der Waals surface area contributed by atoms with Gasteiger partial charge < -0.3 is 9.32 Å². The normalized spacial score (nSPS) is 18.0. The van der Waals surface area contributed by atoms with Gasteiger partial charge in [0, 0.05) is 24.4 Å². The first-order valence-corrected chi connectivity index (χ1v) is 9.06. The number of nitrogens with zero attached hydrogens (tertiary/aromatic N) is 2. The van der Waals surface area contributed by atoms with Crippen molar-refractivity contribution >= 4 is 22.7 Å². The molecule has 0 N–H and O–H groups in total. The van der Waals surface area contributed by atoms with Crippen LogP contribution in [0, 0.1) is 12.7 Å². The molecular formula is C21H19FN2O2. The van der Waals surface area contributed by atoms with Crippen molar-refractivity contribution in [1.82, 2.24) is 4.98 Å². The minimum Gasteiger partial charge on any atom is -0.441 e. The first-order chi connectivity index (χ1) is 12.6. The Morgan fingerprint density at radius 1 is 1.19 bits per heavy atom. The molecular weight excluding hydrogens is 331 g/mol. The summed E-state index contributed by atoms with van der Waals surface area (Å²) in [5.74, 6) is 0.190. The number of hydrogen-bond donors (Lipinski definition) is 0. The molecule has 5 heteroatoms. The Morgan fingerprint density at radius 3 is 2.77 bits per heavy atom. The van der Waals surface area contributed by atoms with Crippen LogP contribution in [0.4, 0.5) is 10.1 Å². The maximum atomic E-state index is 14.7. The number of benzene rings is 2. The van der Waals surface area contributed by atoms with Gasteiger partial charge >= 0.3 is 0 Å². The van der Waals surface area contributed by atoms with Crippen molar-refractivity contribution < 1.29 is 13.6 Å². The highest BCUT2D eigenvalue weighted by atomic mass is 19.1. The lowest BCUT2D eigenvalue weighted by atomic mass is 9.80. The van der Waals surface area contributed by atoms with Gasteiger partial charge in [-0.05, 0) is 37.1 Å². The van der Waals surface area contributed by atoms with Gasteiger partial charge in [0.1, 0.15) is 11.3 Å². The molecule has 0 bridgehead atoms.